The van der Waals surface area contributed by atoms with Crippen molar-refractivity contribution in [1.29, 1.82) is 0 Å². The second-order valence-electron chi connectivity index (χ2n) is 8.88. The quantitative estimate of drug-likeness (QED) is 0.718. The molecule has 5 nitrogen and oxygen atoms in total. The smallest absolute Gasteiger partial charge is 0.253 e. The van der Waals surface area contributed by atoms with Gasteiger partial charge in [-0.3, -0.25) is 9.69 Å². The summed E-state index contributed by atoms with van der Waals surface area (Å²) < 4.78 is 11.5. The average Bonchev–Trinajstić information content (AvgIpc) is 3.07. The predicted molar refractivity (Wildman–Crippen MR) is 112 cm³/mol. The second kappa shape index (κ2) is 9.38. The highest BCUT2D eigenvalue weighted by atomic mass is 16.5. The SMILES string of the molecule is COCCN(C[C@H]1CC2(CCN(C(=O)c3ccc(C)cc3)CC2)CO1)C(C)C. The molecule has 5 heteroatoms. The third-order valence-corrected chi connectivity index (χ3v) is 6.45. The lowest BCUT2D eigenvalue weighted by atomic mass is 9.76. The van der Waals surface area contributed by atoms with Crippen molar-refractivity contribution in [3.8, 4) is 0 Å². The molecule has 28 heavy (non-hydrogen) atoms. The van der Waals surface area contributed by atoms with Crippen LogP contribution in [0.15, 0.2) is 24.3 Å². The zero-order chi connectivity index (χ0) is 20.1. The van der Waals surface area contributed by atoms with Crippen LogP contribution in [0.25, 0.3) is 0 Å². The number of nitrogens with zero attached hydrogens (tertiary/aromatic N) is 2. The first kappa shape index (κ1) is 21.3. The summed E-state index contributed by atoms with van der Waals surface area (Å²) in [7, 11) is 1.76. The Labute approximate surface area is 170 Å². The molecule has 1 amide bonds. The van der Waals surface area contributed by atoms with E-state index >= 15 is 0 Å². The van der Waals surface area contributed by atoms with Gasteiger partial charge in [0.2, 0.25) is 0 Å². The lowest BCUT2D eigenvalue weighted by Crippen LogP contribution is -2.44. The fourth-order valence-corrected chi connectivity index (χ4v) is 4.45. The van der Waals surface area contributed by atoms with Crippen molar-refractivity contribution >= 4 is 5.91 Å². The monoisotopic (exact) mass is 388 g/mol. The number of piperidine rings is 1. The highest BCUT2D eigenvalue weighted by Crippen LogP contribution is 2.42. The van der Waals surface area contributed by atoms with E-state index in [1.807, 2.05) is 36.1 Å². The minimum absolute atomic E-state index is 0.163. The normalized spacial score (nSPS) is 21.8. The van der Waals surface area contributed by atoms with Gasteiger partial charge < -0.3 is 14.4 Å². The fraction of sp³-hybridized carbons (Fsp3) is 0.696. The lowest BCUT2D eigenvalue weighted by molar-refractivity contribution is 0.0366. The van der Waals surface area contributed by atoms with Crippen LogP contribution in [0.1, 0.15) is 49.0 Å². The van der Waals surface area contributed by atoms with E-state index in [1.54, 1.807) is 7.11 Å². The molecule has 0 N–H and O–H groups in total. The van der Waals surface area contributed by atoms with Gasteiger partial charge in [0.15, 0.2) is 0 Å². The fourth-order valence-electron chi connectivity index (χ4n) is 4.45. The van der Waals surface area contributed by atoms with Crippen LogP contribution in [0.3, 0.4) is 0 Å². The standard InChI is InChI=1S/C23H36N2O3/c1-18(2)25(13-14-27-4)16-21-15-23(17-28-21)9-11-24(12-10-23)22(26)20-7-5-19(3)6-8-20/h5-8,18,21H,9-17H2,1-4H3/t21-/m1/s1. The first-order valence-corrected chi connectivity index (χ1v) is 10.6. The van der Waals surface area contributed by atoms with Crippen molar-refractivity contribution < 1.29 is 14.3 Å². The lowest BCUT2D eigenvalue weighted by Gasteiger charge is -2.38. The van der Waals surface area contributed by atoms with Crippen molar-refractivity contribution in [1.82, 2.24) is 9.80 Å². The molecule has 0 bridgehead atoms. The molecule has 0 saturated carbocycles. The maximum absolute atomic E-state index is 12.8. The molecule has 1 aromatic rings. The summed E-state index contributed by atoms with van der Waals surface area (Å²) in [6.07, 6.45) is 3.48. The summed E-state index contributed by atoms with van der Waals surface area (Å²) in [4.78, 5) is 17.2. The van der Waals surface area contributed by atoms with E-state index < -0.39 is 0 Å². The van der Waals surface area contributed by atoms with Crippen LogP contribution in [-0.2, 0) is 9.47 Å². The molecule has 3 rings (SSSR count). The largest absolute Gasteiger partial charge is 0.383 e. The molecule has 156 valence electrons. The van der Waals surface area contributed by atoms with Gasteiger partial charge in [0.05, 0.1) is 19.3 Å². The number of benzene rings is 1. The van der Waals surface area contributed by atoms with Crippen LogP contribution < -0.4 is 0 Å². The van der Waals surface area contributed by atoms with Crippen molar-refractivity contribution in [2.75, 3.05) is 46.5 Å². The highest BCUT2D eigenvalue weighted by Gasteiger charge is 2.43. The molecule has 0 aliphatic carbocycles. The van der Waals surface area contributed by atoms with Crippen LogP contribution >= 0.6 is 0 Å². The van der Waals surface area contributed by atoms with E-state index in [1.165, 1.54) is 5.56 Å². The molecule has 1 atom stereocenters. The van der Waals surface area contributed by atoms with Crippen LogP contribution in [-0.4, -0.2) is 74.4 Å². The third-order valence-electron chi connectivity index (χ3n) is 6.45. The van der Waals surface area contributed by atoms with Crippen molar-refractivity contribution in [2.45, 2.75) is 52.2 Å². The van der Waals surface area contributed by atoms with Crippen molar-refractivity contribution in [2.24, 2.45) is 5.41 Å². The topological polar surface area (TPSA) is 42.0 Å². The van der Waals surface area contributed by atoms with E-state index in [9.17, 15) is 4.79 Å². The number of amides is 1. The number of hydrogen-bond acceptors (Lipinski definition) is 4. The number of hydrogen-bond donors (Lipinski definition) is 0. The van der Waals surface area contributed by atoms with Gasteiger partial charge in [0, 0.05) is 44.9 Å². The minimum Gasteiger partial charge on any atom is -0.383 e. The Morgan fingerprint density at radius 2 is 1.96 bits per heavy atom. The molecular formula is C23H36N2O3. The second-order valence-corrected chi connectivity index (χ2v) is 8.88. The number of carbonyl (C=O) groups is 1. The van der Waals surface area contributed by atoms with Gasteiger partial charge >= 0.3 is 0 Å². The molecule has 2 saturated heterocycles. The molecular weight excluding hydrogens is 352 g/mol. The number of aryl methyl sites for hydroxylation is 1. The van der Waals surface area contributed by atoms with Gasteiger partial charge in [-0.1, -0.05) is 17.7 Å². The number of carbonyl (C=O) groups excluding carboxylic acids is 1. The van der Waals surface area contributed by atoms with Gasteiger partial charge in [0.1, 0.15) is 0 Å². The number of methoxy groups -OCH3 is 1. The van der Waals surface area contributed by atoms with Gasteiger partial charge in [-0.2, -0.15) is 0 Å². The number of ether oxygens (including phenoxy) is 2. The summed E-state index contributed by atoms with van der Waals surface area (Å²) in [5.74, 6) is 0.163. The Morgan fingerprint density at radius 3 is 2.57 bits per heavy atom. The van der Waals surface area contributed by atoms with E-state index in [0.29, 0.717) is 12.1 Å². The summed E-state index contributed by atoms with van der Waals surface area (Å²) in [6, 6.07) is 8.40. The summed E-state index contributed by atoms with van der Waals surface area (Å²) in [6.45, 7) is 11.7. The Morgan fingerprint density at radius 1 is 1.29 bits per heavy atom. The van der Waals surface area contributed by atoms with Crippen molar-refractivity contribution in [3.63, 3.8) is 0 Å². The zero-order valence-electron chi connectivity index (χ0n) is 17.9. The molecule has 0 aromatic heterocycles. The number of rotatable bonds is 7. The van der Waals surface area contributed by atoms with Gasteiger partial charge in [-0.15, -0.1) is 0 Å². The first-order valence-electron chi connectivity index (χ1n) is 10.6. The number of likely N-dealkylation sites (tertiary alicyclic amines) is 1. The van der Waals surface area contributed by atoms with E-state index in [0.717, 1.165) is 64.2 Å². The maximum atomic E-state index is 12.8. The molecule has 1 spiro atoms. The molecule has 1 aromatic carbocycles. The first-order chi connectivity index (χ1) is 13.4. The maximum Gasteiger partial charge on any atom is 0.253 e. The molecule has 2 aliphatic heterocycles. The third kappa shape index (κ3) is 5.13. The molecule has 0 unspecified atom stereocenters. The molecule has 2 aliphatic rings. The summed E-state index contributed by atoms with van der Waals surface area (Å²) in [5.41, 5.74) is 2.23. The van der Waals surface area contributed by atoms with Crippen molar-refractivity contribution in [3.05, 3.63) is 35.4 Å². The van der Waals surface area contributed by atoms with Crippen LogP contribution in [0.4, 0.5) is 0 Å². The molecule has 0 radical (unpaired) electrons. The summed E-state index contributed by atoms with van der Waals surface area (Å²) in [5, 5.41) is 0. The molecule has 2 fully saturated rings. The Kier molecular flexibility index (Phi) is 7.13. The van der Waals surface area contributed by atoms with Crippen LogP contribution in [0.5, 0.6) is 0 Å². The minimum atomic E-state index is 0.163. The Hall–Kier alpha value is -1.43. The van der Waals surface area contributed by atoms with Crippen LogP contribution in [0, 0.1) is 12.3 Å². The van der Waals surface area contributed by atoms with Gasteiger partial charge in [0.25, 0.3) is 5.91 Å². The predicted octanol–water partition coefficient (Wildman–Crippen LogP) is 3.36. The Balaban J connectivity index is 1.51. The average molecular weight is 389 g/mol. The van der Waals surface area contributed by atoms with E-state index in [2.05, 4.69) is 18.7 Å². The van der Waals surface area contributed by atoms with Crippen LogP contribution in [0.2, 0.25) is 0 Å². The van der Waals surface area contributed by atoms with E-state index in [4.69, 9.17) is 9.47 Å². The Bertz CT molecular complexity index is 636. The van der Waals surface area contributed by atoms with E-state index in [-0.39, 0.29) is 11.3 Å². The van der Waals surface area contributed by atoms with Gasteiger partial charge in [-0.05, 0) is 57.6 Å². The molecule has 2 heterocycles. The highest BCUT2D eigenvalue weighted by molar-refractivity contribution is 5.94. The zero-order valence-corrected chi connectivity index (χ0v) is 17.9. The summed E-state index contributed by atoms with van der Waals surface area (Å²) >= 11 is 0. The van der Waals surface area contributed by atoms with Gasteiger partial charge in [-0.25, -0.2) is 0 Å².